The van der Waals surface area contributed by atoms with Crippen molar-refractivity contribution in [1.82, 2.24) is 14.5 Å². The highest BCUT2D eigenvalue weighted by atomic mass is 19.4. The van der Waals surface area contributed by atoms with Crippen LogP contribution in [0, 0.1) is 0 Å². The Hall–Kier alpha value is -8.03. The number of hydrogen-bond donors (Lipinski definition) is 0. The zero-order valence-electron chi connectivity index (χ0n) is 32.9. The molecule has 294 valence electrons. The zero-order chi connectivity index (χ0) is 41.5. The van der Waals surface area contributed by atoms with Crippen molar-refractivity contribution >= 4 is 65.1 Å². The first-order chi connectivity index (χ1) is 30.4. The first-order valence-electron chi connectivity index (χ1n) is 20.4. The van der Waals surface area contributed by atoms with Gasteiger partial charge in [0.1, 0.15) is 11.4 Å². The van der Waals surface area contributed by atoms with Gasteiger partial charge in [0.05, 0.1) is 28.6 Å². The second-order valence-corrected chi connectivity index (χ2v) is 15.7. The molecule has 0 bridgehead atoms. The van der Waals surface area contributed by atoms with Crippen molar-refractivity contribution in [3.8, 4) is 50.7 Å². The molecule has 9 aromatic carbocycles. The number of para-hydroxylation sites is 1. The summed E-state index contributed by atoms with van der Waals surface area (Å²) in [7, 11) is 0. The molecule has 7 heteroatoms. The molecular weight excluding hydrogens is 776 g/mol. The Bertz CT molecular complexity index is 3660. The maximum Gasteiger partial charge on any atom is 0.416 e. The monoisotopic (exact) mass is 807 g/mol. The van der Waals surface area contributed by atoms with E-state index in [2.05, 4.69) is 102 Å². The second kappa shape index (κ2) is 13.8. The van der Waals surface area contributed by atoms with E-state index in [1.54, 1.807) is 18.4 Å². The average Bonchev–Trinajstić information content (AvgIpc) is 3.94. The van der Waals surface area contributed by atoms with Gasteiger partial charge in [0.15, 0.2) is 5.82 Å². The predicted octanol–water partition coefficient (Wildman–Crippen LogP) is 15.5. The number of hydrogen-bond acceptors (Lipinski definition) is 3. The summed E-state index contributed by atoms with van der Waals surface area (Å²) >= 11 is 0. The van der Waals surface area contributed by atoms with Crippen molar-refractivity contribution in [1.29, 1.82) is 0 Å². The van der Waals surface area contributed by atoms with E-state index in [1.165, 1.54) is 0 Å². The molecule has 0 spiro atoms. The highest BCUT2D eigenvalue weighted by Crippen LogP contribution is 2.44. The Morgan fingerprint density at radius 2 is 1.05 bits per heavy atom. The van der Waals surface area contributed by atoms with Gasteiger partial charge in [-0.15, -0.1) is 0 Å². The van der Waals surface area contributed by atoms with Crippen LogP contribution in [-0.2, 0) is 6.18 Å². The number of nitrogens with zero attached hydrogens (tertiary/aromatic N) is 3. The third-order valence-electron chi connectivity index (χ3n) is 12.1. The standard InChI is InChI=1S/C55H32F3N3O/c56-55(57,58)39-22-18-33(19-23-39)37-21-25-50-47(28-37)48-30-45-42-16-8-7-15-41(42)44-29-38(40-17-9-14-35-26-27-62-53(35)40)20-24-43(44)46(45)31-51(48)61(50)52-32-49(34-10-3-1-4-11-34)59-54(60-52)36-12-5-2-6-13-36/h1-32H. The molecule has 3 aromatic heterocycles. The van der Waals surface area contributed by atoms with E-state index in [9.17, 15) is 13.2 Å². The lowest BCUT2D eigenvalue weighted by molar-refractivity contribution is -0.137. The Balaban J connectivity index is 1.17. The van der Waals surface area contributed by atoms with Gasteiger partial charge in [0.2, 0.25) is 0 Å². The number of halogens is 3. The van der Waals surface area contributed by atoms with Crippen molar-refractivity contribution in [2.75, 3.05) is 0 Å². The van der Waals surface area contributed by atoms with E-state index in [-0.39, 0.29) is 0 Å². The van der Waals surface area contributed by atoms with Crippen molar-refractivity contribution in [2.24, 2.45) is 0 Å². The van der Waals surface area contributed by atoms with Crippen LogP contribution in [0.25, 0.3) is 116 Å². The lowest BCUT2D eigenvalue weighted by Gasteiger charge is -2.14. The fourth-order valence-electron chi connectivity index (χ4n) is 9.15. The molecule has 12 rings (SSSR count). The maximum atomic E-state index is 13.6. The van der Waals surface area contributed by atoms with Gasteiger partial charge < -0.3 is 4.42 Å². The Morgan fingerprint density at radius 1 is 0.419 bits per heavy atom. The molecule has 0 aliphatic rings. The summed E-state index contributed by atoms with van der Waals surface area (Å²) in [5, 5.41) is 9.66. The number of furan rings is 1. The van der Waals surface area contributed by atoms with Gasteiger partial charge in [-0.2, -0.15) is 13.2 Å². The Labute approximate surface area is 352 Å². The van der Waals surface area contributed by atoms with E-state index in [4.69, 9.17) is 14.4 Å². The summed E-state index contributed by atoms with van der Waals surface area (Å²) < 4.78 is 49.0. The summed E-state index contributed by atoms with van der Waals surface area (Å²) in [6.07, 6.45) is -2.69. The minimum atomic E-state index is -4.42. The number of fused-ring (bicyclic) bond motifs is 10. The van der Waals surface area contributed by atoms with Gasteiger partial charge in [-0.3, -0.25) is 4.57 Å². The van der Waals surface area contributed by atoms with Crippen LogP contribution < -0.4 is 0 Å². The lowest BCUT2D eigenvalue weighted by atomic mass is 9.91. The maximum absolute atomic E-state index is 13.6. The van der Waals surface area contributed by atoms with Gasteiger partial charge in [-0.1, -0.05) is 133 Å². The molecule has 12 aromatic rings. The molecule has 0 atom stereocenters. The second-order valence-electron chi connectivity index (χ2n) is 15.7. The number of alkyl halides is 3. The minimum absolute atomic E-state index is 0.592. The minimum Gasteiger partial charge on any atom is -0.464 e. The molecule has 0 fully saturated rings. The van der Waals surface area contributed by atoms with Crippen LogP contribution in [0.5, 0.6) is 0 Å². The molecule has 0 aliphatic carbocycles. The fourth-order valence-corrected chi connectivity index (χ4v) is 9.15. The first-order valence-corrected chi connectivity index (χ1v) is 20.4. The summed E-state index contributed by atoms with van der Waals surface area (Å²) in [5.74, 6) is 1.29. The molecule has 0 saturated carbocycles. The quantitative estimate of drug-likeness (QED) is 0.163. The molecule has 0 amide bonds. The molecule has 3 heterocycles. The highest BCUT2D eigenvalue weighted by Gasteiger charge is 2.30. The topological polar surface area (TPSA) is 43.9 Å². The van der Waals surface area contributed by atoms with Crippen LogP contribution in [0.1, 0.15) is 5.56 Å². The van der Waals surface area contributed by atoms with Gasteiger partial charge >= 0.3 is 6.18 Å². The number of benzene rings is 9. The van der Waals surface area contributed by atoms with Crippen molar-refractivity contribution in [3.05, 3.63) is 200 Å². The fraction of sp³-hybridized carbons (Fsp3) is 0.0182. The van der Waals surface area contributed by atoms with Gasteiger partial charge in [0, 0.05) is 38.9 Å². The van der Waals surface area contributed by atoms with Crippen LogP contribution in [0.15, 0.2) is 199 Å². The summed E-state index contributed by atoms with van der Waals surface area (Å²) in [6.45, 7) is 0. The summed E-state index contributed by atoms with van der Waals surface area (Å²) in [6, 6.07) is 61.6. The molecule has 0 unspecified atom stereocenters. The summed E-state index contributed by atoms with van der Waals surface area (Å²) in [4.78, 5) is 10.4. The van der Waals surface area contributed by atoms with E-state index >= 15 is 0 Å². The van der Waals surface area contributed by atoms with Gasteiger partial charge in [-0.25, -0.2) is 9.97 Å². The normalized spacial score (nSPS) is 12.1. The van der Waals surface area contributed by atoms with Crippen LogP contribution >= 0.6 is 0 Å². The third-order valence-corrected chi connectivity index (χ3v) is 12.1. The molecule has 4 nitrogen and oxygen atoms in total. The van der Waals surface area contributed by atoms with Gasteiger partial charge in [0.25, 0.3) is 0 Å². The van der Waals surface area contributed by atoms with E-state index < -0.39 is 11.7 Å². The molecular formula is C55H32F3N3O. The lowest BCUT2D eigenvalue weighted by Crippen LogP contribution is -2.04. The first kappa shape index (κ1) is 35.9. The highest BCUT2D eigenvalue weighted by molar-refractivity contribution is 6.29. The van der Waals surface area contributed by atoms with Crippen LogP contribution in [-0.4, -0.2) is 14.5 Å². The largest absolute Gasteiger partial charge is 0.464 e. The predicted molar refractivity (Wildman–Crippen MR) is 245 cm³/mol. The van der Waals surface area contributed by atoms with Crippen molar-refractivity contribution in [2.45, 2.75) is 6.18 Å². The number of rotatable bonds is 5. The molecule has 62 heavy (non-hydrogen) atoms. The van der Waals surface area contributed by atoms with Crippen LogP contribution in [0.2, 0.25) is 0 Å². The van der Waals surface area contributed by atoms with E-state index in [0.29, 0.717) is 17.2 Å². The van der Waals surface area contributed by atoms with E-state index in [0.717, 1.165) is 111 Å². The van der Waals surface area contributed by atoms with Gasteiger partial charge in [-0.05, 0) is 97.5 Å². The molecule has 0 N–H and O–H groups in total. The Morgan fingerprint density at radius 3 is 1.81 bits per heavy atom. The Kier molecular flexibility index (Phi) is 7.96. The van der Waals surface area contributed by atoms with Crippen molar-refractivity contribution in [3.63, 3.8) is 0 Å². The zero-order valence-corrected chi connectivity index (χ0v) is 32.9. The summed E-state index contributed by atoms with van der Waals surface area (Å²) in [5.41, 5.74) is 8.26. The van der Waals surface area contributed by atoms with Crippen LogP contribution in [0.3, 0.4) is 0 Å². The molecule has 0 radical (unpaired) electrons. The molecule has 0 saturated heterocycles. The molecule has 0 aliphatic heterocycles. The van der Waals surface area contributed by atoms with E-state index in [1.807, 2.05) is 66.7 Å². The van der Waals surface area contributed by atoms with Crippen molar-refractivity contribution < 1.29 is 17.6 Å². The average molecular weight is 808 g/mol. The third kappa shape index (κ3) is 5.77. The number of aromatic nitrogens is 3. The SMILES string of the molecule is FC(F)(F)c1ccc(-c2ccc3c(c2)c2cc4c5ccccc5c5cc(-c6cccc7ccoc67)ccc5c4cc2n3-c2cc(-c3ccccc3)nc(-c3ccccc3)n2)cc1. The van der Waals surface area contributed by atoms with Crippen LogP contribution in [0.4, 0.5) is 13.2 Å². The smallest absolute Gasteiger partial charge is 0.416 e.